The van der Waals surface area contributed by atoms with Crippen molar-refractivity contribution in [2.75, 3.05) is 4.90 Å². The molecular weight excluding hydrogens is 405 g/mol. The van der Waals surface area contributed by atoms with Crippen molar-refractivity contribution in [1.29, 1.82) is 0 Å². The molecule has 0 N–H and O–H groups in total. The SMILES string of the molecule is C[C@]12C(=O)N(c3ccc(Cl)c(Cl)c3)C(=O)[C@H]1C2(c1ccccc1)c1ccccc1. The molecule has 1 heterocycles. The standard InChI is InChI=1S/C24H17Cl2NO2/c1-23-20(21(28)27(22(23)29)17-12-13-18(25)19(26)14-17)24(23,15-8-4-2-5-9-15)16-10-6-3-7-11-16/h2-14,20H,1H3/t20-,23-/m1/s1. The molecule has 1 aliphatic carbocycles. The highest BCUT2D eigenvalue weighted by atomic mass is 35.5. The van der Waals surface area contributed by atoms with E-state index in [4.69, 9.17) is 23.2 Å². The van der Waals surface area contributed by atoms with Crippen molar-refractivity contribution in [3.63, 3.8) is 0 Å². The van der Waals surface area contributed by atoms with Crippen LogP contribution in [0.1, 0.15) is 18.1 Å². The Kier molecular flexibility index (Phi) is 3.93. The number of hydrogen-bond acceptors (Lipinski definition) is 2. The first-order valence-electron chi connectivity index (χ1n) is 9.38. The number of carbonyl (C=O) groups excluding carboxylic acids is 2. The van der Waals surface area contributed by atoms with E-state index in [9.17, 15) is 9.59 Å². The first-order chi connectivity index (χ1) is 13.9. The van der Waals surface area contributed by atoms with Crippen molar-refractivity contribution in [1.82, 2.24) is 0 Å². The molecule has 144 valence electrons. The van der Waals surface area contributed by atoms with Crippen LogP contribution in [0.3, 0.4) is 0 Å². The lowest BCUT2D eigenvalue weighted by molar-refractivity contribution is -0.125. The van der Waals surface area contributed by atoms with Gasteiger partial charge in [0.2, 0.25) is 11.8 Å². The van der Waals surface area contributed by atoms with Crippen LogP contribution in [0.15, 0.2) is 78.9 Å². The monoisotopic (exact) mass is 421 g/mol. The Labute approximate surface area is 178 Å². The molecule has 3 aromatic rings. The van der Waals surface area contributed by atoms with E-state index in [1.54, 1.807) is 18.2 Å². The molecule has 5 rings (SSSR count). The number of halogens is 2. The van der Waals surface area contributed by atoms with Gasteiger partial charge < -0.3 is 0 Å². The smallest absolute Gasteiger partial charge is 0.241 e. The van der Waals surface area contributed by atoms with Crippen LogP contribution in [0.25, 0.3) is 0 Å². The predicted molar refractivity (Wildman–Crippen MR) is 114 cm³/mol. The number of piperidine rings is 1. The highest BCUT2D eigenvalue weighted by Gasteiger charge is 2.86. The molecule has 2 atom stereocenters. The average molecular weight is 422 g/mol. The van der Waals surface area contributed by atoms with E-state index in [0.29, 0.717) is 15.7 Å². The van der Waals surface area contributed by atoms with Gasteiger partial charge in [-0.1, -0.05) is 83.9 Å². The van der Waals surface area contributed by atoms with Crippen molar-refractivity contribution in [3.8, 4) is 0 Å². The first-order valence-corrected chi connectivity index (χ1v) is 10.1. The maximum absolute atomic E-state index is 13.7. The van der Waals surface area contributed by atoms with Crippen LogP contribution in [0.5, 0.6) is 0 Å². The number of carbonyl (C=O) groups is 2. The summed E-state index contributed by atoms with van der Waals surface area (Å²) < 4.78 is 0. The van der Waals surface area contributed by atoms with E-state index in [2.05, 4.69) is 0 Å². The van der Waals surface area contributed by atoms with Gasteiger partial charge >= 0.3 is 0 Å². The second-order valence-corrected chi connectivity index (χ2v) is 8.57. The van der Waals surface area contributed by atoms with Crippen LogP contribution >= 0.6 is 23.2 Å². The van der Waals surface area contributed by atoms with Gasteiger partial charge in [0.15, 0.2) is 0 Å². The summed E-state index contributed by atoms with van der Waals surface area (Å²) in [5.74, 6) is -0.885. The quantitative estimate of drug-likeness (QED) is 0.524. The summed E-state index contributed by atoms with van der Waals surface area (Å²) in [6.07, 6.45) is 0. The lowest BCUT2D eigenvalue weighted by Crippen LogP contribution is -2.42. The Morgan fingerprint density at radius 2 is 1.34 bits per heavy atom. The molecule has 5 heteroatoms. The molecule has 3 aromatic carbocycles. The van der Waals surface area contributed by atoms with Gasteiger partial charge in [-0.3, -0.25) is 9.59 Å². The molecule has 2 aliphatic rings. The fraction of sp³-hybridized carbons (Fsp3) is 0.167. The third-order valence-electron chi connectivity index (χ3n) is 6.48. The summed E-state index contributed by atoms with van der Waals surface area (Å²) in [4.78, 5) is 28.5. The van der Waals surface area contributed by atoms with Gasteiger partial charge in [-0.25, -0.2) is 4.90 Å². The van der Waals surface area contributed by atoms with E-state index in [1.165, 1.54) is 4.90 Å². The second kappa shape index (κ2) is 6.19. The molecule has 2 amide bonds. The van der Waals surface area contributed by atoms with Crippen LogP contribution < -0.4 is 4.90 Å². The largest absolute Gasteiger partial charge is 0.274 e. The fourth-order valence-corrected chi connectivity index (χ4v) is 5.47. The zero-order chi connectivity index (χ0) is 20.4. The van der Waals surface area contributed by atoms with Gasteiger partial charge in [0.25, 0.3) is 0 Å². The summed E-state index contributed by atoms with van der Waals surface area (Å²) in [5.41, 5.74) is 0.885. The van der Waals surface area contributed by atoms with Crippen LogP contribution in [0.2, 0.25) is 10.0 Å². The third-order valence-corrected chi connectivity index (χ3v) is 7.22. The third kappa shape index (κ3) is 2.20. The normalized spacial score (nSPS) is 24.5. The highest BCUT2D eigenvalue weighted by molar-refractivity contribution is 6.42. The Morgan fingerprint density at radius 3 is 1.79 bits per heavy atom. The van der Waals surface area contributed by atoms with Crippen LogP contribution in [-0.2, 0) is 15.0 Å². The number of anilines is 1. The lowest BCUT2D eigenvalue weighted by Gasteiger charge is -2.29. The van der Waals surface area contributed by atoms with Crippen molar-refractivity contribution in [2.45, 2.75) is 12.3 Å². The van der Waals surface area contributed by atoms with E-state index >= 15 is 0 Å². The minimum absolute atomic E-state index is 0.205. The Balaban J connectivity index is 1.67. The van der Waals surface area contributed by atoms with E-state index in [1.807, 2.05) is 67.6 Å². The van der Waals surface area contributed by atoms with Crippen molar-refractivity contribution < 1.29 is 9.59 Å². The average Bonchev–Trinajstić information content (AvgIpc) is 3.27. The maximum Gasteiger partial charge on any atom is 0.241 e. The molecule has 0 aromatic heterocycles. The number of fused-ring (bicyclic) bond motifs is 1. The minimum atomic E-state index is -0.862. The van der Waals surface area contributed by atoms with Gasteiger partial charge in [0.05, 0.1) is 27.1 Å². The zero-order valence-electron chi connectivity index (χ0n) is 15.6. The minimum Gasteiger partial charge on any atom is -0.274 e. The van der Waals surface area contributed by atoms with Crippen molar-refractivity contribution in [2.24, 2.45) is 11.3 Å². The highest BCUT2D eigenvalue weighted by Crippen LogP contribution is 2.76. The molecule has 2 fully saturated rings. The lowest BCUT2D eigenvalue weighted by atomic mass is 9.79. The van der Waals surface area contributed by atoms with Crippen LogP contribution in [-0.4, -0.2) is 11.8 Å². The summed E-state index contributed by atoms with van der Waals surface area (Å²) in [6, 6.07) is 24.5. The maximum atomic E-state index is 13.7. The Bertz CT molecular complexity index is 1110. The molecule has 29 heavy (non-hydrogen) atoms. The molecule has 0 radical (unpaired) electrons. The number of benzene rings is 3. The number of rotatable bonds is 3. The zero-order valence-corrected chi connectivity index (χ0v) is 17.1. The molecule has 0 unspecified atom stereocenters. The molecule has 1 saturated carbocycles. The molecular formula is C24H17Cl2NO2. The molecule has 3 nitrogen and oxygen atoms in total. The topological polar surface area (TPSA) is 37.4 Å². The first kappa shape index (κ1) is 18.4. The number of hydrogen-bond donors (Lipinski definition) is 0. The number of amides is 2. The molecule has 1 aliphatic heterocycles. The van der Waals surface area contributed by atoms with Crippen molar-refractivity contribution >= 4 is 40.7 Å². The van der Waals surface area contributed by atoms with Crippen molar-refractivity contribution in [3.05, 3.63) is 100 Å². The van der Waals surface area contributed by atoms with Gasteiger partial charge in [-0.2, -0.15) is 0 Å². The molecule has 1 saturated heterocycles. The number of nitrogens with zero attached hydrogens (tertiary/aromatic N) is 1. The summed E-state index contributed by atoms with van der Waals surface area (Å²) in [6.45, 7) is 1.90. The summed E-state index contributed by atoms with van der Waals surface area (Å²) in [7, 11) is 0. The van der Waals surface area contributed by atoms with Gasteiger partial charge in [-0.15, -0.1) is 0 Å². The second-order valence-electron chi connectivity index (χ2n) is 7.75. The van der Waals surface area contributed by atoms with Crippen LogP contribution in [0.4, 0.5) is 5.69 Å². The van der Waals surface area contributed by atoms with E-state index < -0.39 is 16.7 Å². The Morgan fingerprint density at radius 1 is 0.793 bits per heavy atom. The van der Waals surface area contributed by atoms with E-state index in [-0.39, 0.29) is 11.8 Å². The predicted octanol–water partition coefficient (Wildman–Crippen LogP) is 5.49. The fourth-order valence-electron chi connectivity index (χ4n) is 5.18. The van der Waals surface area contributed by atoms with Crippen LogP contribution in [0, 0.1) is 11.3 Å². The molecule has 0 bridgehead atoms. The van der Waals surface area contributed by atoms with Gasteiger partial charge in [0, 0.05) is 5.41 Å². The number of imide groups is 1. The van der Waals surface area contributed by atoms with E-state index in [0.717, 1.165) is 11.1 Å². The summed E-state index contributed by atoms with van der Waals surface area (Å²) >= 11 is 12.1. The Hall–Kier alpha value is -2.62. The van der Waals surface area contributed by atoms with Gasteiger partial charge in [-0.05, 0) is 36.2 Å². The van der Waals surface area contributed by atoms with Gasteiger partial charge in [0.1, 0.15) is 0 Å². The summed E-state index contributed by atoms with van der Waals surface area (Å²) in [5, 5.41) is 0.696. The molecule has 0 spiro atoms.